The smallest absolute Gasteiger partial charge is 0.328 e. The fourth-order valence-corrected chi connectivity index (χ4v) is 4.91. The van der Waals surface area contributed by atoms with E-state index in [4.69, 9.17) is 14.7 Å². The Morgan fingerprint density at radius 2 is 1.84 bits per heavy atom. The number of rotatable bonds is 10. The van der Waals surface area contributed by atoms with E-state index in [1.165, 1.54) is 7.11 Å². The number of methoxy groups -OCH3 is 1. The highest BCUT2D eigenvalue weighted by Gasteiger charge is 2.63. The van der Waals surface area contributed by atoms with E-state index in [-0.39, 0.29) is 18.8 Å². The lowest BCUT2D eigenvalue weighted by Gasteiger charge is -2.24. The number of nitrogens with one attached hydrogen (secondary N) is 2. The molecule has 1 fully saturated rings. The third kappa shape index (κ3) is 5.62. The zero-order chi connectivity index (χ0) is 27.4. The van der Waals surface area contributed by atoms with E-state index in [0.717, 1.165) is 27.7 Å². The lowest BCUT2D eigenvalue weighted by atomic mass is 9.91. The van der Waals surface area contributed by atoms with Gasteiger partial charge >= 0.3 is 5.97 Å². The predicted octanol–water partition coefficient (Wildman–Crippen LogP) is 3.49. The Labute approximate surface area is 221 Å². The van der Waals surface area contributed by atoms with Crippen LogP contribution in [-0.2, 0) is 32.1 Å². The predicted molar refractivity (Wildman–Crippen MR) is 140 cm³/mol. The van der Waals surface area contributed by atoms with E-state index < -0.39 is 35.2 Å². The summed E-state index contributed by atoms with van der Waals surface area (Å²) in [6.45, 7) is 5.92. The first-order chi connectivity index (χ1) is 18.2. The van der Waals surface area contributed by atoms with Gasteiger partial charge in [0.05, 0.1) is 24.0 Å². The van der Waals surface area contributed by atoms with Crippen molar-refractivity contribution in [1.82, 2.24) is 15.8 Å². The molecule has 1 saturated carbocycles. The van der Waals surface area contributed by atoms with Crippen molar-refractivity contribution in [2.75, 3.05) is 7.11 Å². The minimum Gasteiger partial charge on any atom is -0.489 e. The second-order valence-electron chi connectivity index (χ2n) is 10.2. The number of pyridine rings is 1. The molecule has 200 valence electrons. The number of benzene rings is 2. The van der Waals surface area contributed by atoms with E-state index in [2.05, 4.69) is 10.3 Å². The van der Waals surface area contributed by atoms with Gasteiger partial charge in [0.2, 0.25) is 11.8 Å². The summed E-state index contributed by atoms with van der Waals surface area (Å²) in [4.78, 5) is 42.3. The number of para-hydroxylation sites is 1. The Kier molecular flexibility index (Phi) is 7.97. The van der Waals surface area contributed by atoms with Gasteiger partial charge in [-0.25, -0.2) is 10.3 Å². The summed E-state index contributed by atoms with van der Waals surface area (Å²) in [5, 5.41) is 13.0. The number of hydrogen-bond acceptors (Lipinski definition) is 7. The van der Waals surface area contributed by atoms with Crippen molar-refractivity contribution in [1.29, 1.82) is 0 Å². The molecular formula is C29H33N3O6. The number of fused-ring (bicyclic) bond motifs is 1. The zero-order valence-corrected chi connectivity index (χ0v) is 22.0. The Bertz CT molecular complexity index is 1340. The van der Waals surface area contributed by atoms with Gasteiger partial charge in [0.1, 0.15) is 18.4 Å². The number of esters is 1. The Morgan fingerprint density at radius 3 is 2.50 bits per heavy atom. The van der Waals surface area contributed by atoms with Gasteiger partial charge in [0, 0.05) is 16.6 Å². The molecule has 38 heavy (non-hydrogen) atoms. The lowest BCUT2D eigenvalue weighted by Crippen LogP contribution is -2.49. The molecule has 2 aromatic carbocycles. The Balaban J connectivity index is 1.48. The number of ether oxygens (including phenoxy) is 2. The number of carbonyl (C=O) groups excluding carboxylic acids is 3. The van der Waals surface area contributed by atoms with Crippen molar-refractivity contribution in [3.05, 3.63) is 71.4 Å². The number of aromatic nitrogens is 1. The molecule has 3 aromatic rings. The zero-order valence-electron chi connectivity index (χ0n) is 22.0. The first-order valence-electron chi connectivity index (χ1n) is 12.6. The molecule has 0 spiro atoms. The lowest BCUT2D eigenvalue weighted by molar-refractivity contribution is -0.147. The summed E-state index contributed by atoms with van der Waals surface area (Å²) >= 11 is 0. The van der Waals surface area contributed by atoms with E-state index in [9.17, 15) is 14.4 Å². The van der Waals surface area contributed by atoms with Crippen LogP contribution in [0, 0.1) is 24.2 Å². The van der Waals surface area contributed by atoms with Crippen molar-refractivity contribution in [3.63, 3.8) is 0 Å². The number of carbonyl (C=O) groups is 3. The van der Waals surface area contributed by atoms with Gasteiger partial charge in [-0.3, -0.25) is 19.8 Å². The molecule has 9 nitrogen and oxygen atoms in total. The highest BCUT2D eigenvalue weighted by Crippen LogP contribution is 2.55. The van der Waals surface area contributed by atoms with Gasteiger partial charge in [-0.15, -0.1) is 0 Å². The van der Waals surface area contributed by atoms with Crippen molar-refractivity contribution >= 4 is 28.7 Å². The molecule has 9 heteroatoms. The topological polar surface area (TPSA) is 127 Å². The van der Waals surface area contributed by atoms with Crippen LogP contribution in [0.25, 0.3) is 10.9 Å². The summed E-state index contributed by atoms with van der Waals surface area (Å²) in [5.41, 5.74) is 4.27. The summed E-state index contributed by atoms with van der Waals surface area (Å²) in [6.07, 6.45) is 0.515. The highest BCUT2D eigenvalue weighted by atomic mass is 16.5. The highest BCUT2D eigenvalue weighted by molar-refractivity contribution is 5.97. The summed E-state index contributed by atoms with van der Waals surface area (Å²) in [6, 6.07) is 16.5. The standard InChI is InChI=1S/C29H33N3O6/c1-17(2)25(27(34)37-4)31-28(35)29(15-23(29)26(33)32-36)14-19-9-11-21(12-10-19)38-16-20-13-18(3)30-24-8-6-5-7-22(20)24/h5-13,17,23,25,36H,14-16H2,1-4H3,(H,31,35)(H,32,33). The first kappa shape index (κ1) is 27.1. The van der Waals surface area contributed by atoms with Gasteiger partial charge in [0.25, 0.3) is 0 Å². The van der Waals surface area contributed by atoms with Crippen molar-refractivity contribution in [3.8, 4) is 5.75 Å². The van der Waals surface area contributed by atoms with Crippen LogP contribution in [0.15, 0.2) is 54.6 Å². The molecule has 3 unspecified atom stereocenters. The molecule has 1 aliphatic rings. The quantitative estimate of drug-likeness (QED) is 0.213. The second-order valence-corrected chi connectivity index (χ2v) is 10.2. The molecule has 0 bridgehead atoms. The fourth-order valence-electron chi connectivity index (χ4n) is 4.91. The average Bonchev–Trinajstić information content (AvgIpc) is 3.65. The maximum atomic E-state index is 13.3. The van der Waals surface area contributed by atoms with Crippen LogP contribution in [0.3, 0.4) is 0 Å². The van der Waals surface area contributed by atoms with Crippen LogP contribution in [0.2, 0.25) is 0 Å². The third-order valence-corrected chi connectivity index (χ3v) is 7.13. The van der Waals surface area contributed by atoms with Gasteiger partial charge in [-0.05, 0) is 55.5 Å². The normalized spacial score (nSPS) is 19.1. The molecular weight excluding hydrogens is 486 g/mol. The van der Waals surface area contributed by atoms with E-state index in [1.54, 1.807) is 19.3 Å². The summed E-state index contributed by atoms with van der Waals surface area (Å²) in [7, 11) is 1.26. The van der Waals surface area contributed by atoms with Crippen LogP contribution in [-0.4, -0.2) is 41.1 Å². The van der Waals surface area contributed by atoms with Crippen molar-refractivity contribution in [2.24, 2.45) is 17.3 Å². The van der Waals surface area contributed by atoms with Crippen LogP contribution in [0.5, 0.6) is 5.75 Å². The molecule has 3 atom stereocenters. The van der Waals surface area contributed by atoms with E-state index in [1.807, 2.05) is 61.5 Å². The van der Waals surface area contributed by atoms with Crippen molar-refractivity contribution in [2.45, 2.75) is 46.3 Å². The van der Waals surface area contributed by atoms with Gasteiger partial charge < -0.3 is 14.8 Å². The number of aryl methyl sites for hydroxylation is 1. The minimum atomic E-state index is -1.08. The SMILES string of the molecule is COC(=O)C(NC(=O)C1(Cc2ccc(OCc3cc(C)nc4ccccc34)cc2)CC1C(=O)NO)C(C)C. The summed E-state index contributed by atoms with van der Waals surface area (Å²) < 4.78 is 10.9. The number of amides is 2. The monoisotopic (exact) mass is 519 g/mol. The second kappa shape index (κ2) is 11.2. The maximum Gasteiger partial charge on any atom is 0.328 e. The van der Waals surface area contributed by atoms with E-state index in [0.29, 0.717) is 12.4 Å². The summed E-state index contributed by atoms with van der Waals surface area (Å²) in [5.74, 6) is -1.85. The van der Waals surface area contributed by atoms with Crippen LogP contribution in [0.1, 0.15) is 37.1 Å². The van der Waals surface area contributed by atoms with E-state index >= 15 is 0 Å². The van der Waals surface area contributed by atoms with Crippen LogP contribution < -0.4 is 15.5 Å². The molecule has 1 heterocycles. The molecule has 1 aromatic heterocycles. The number of nitrogens with zero attached hydrogens (tertiary/aromatic N) is 1. The average molecular weight is 520 g/mol. The van der Waals surface area contributed by atoms with Gasteiger partial charge in [-0.1, -0.05) is 44.2 Å². The fraction of sp³-hybridized carbons (Fsp3) is 0.379. The molecule has 0 aliphatic heterocycles. The Hall–Kier alpha value is -3.98. The first-order valence-corrected chi connectivity index (χ1v) is 12.6. The number of hydroxylamine groups is 1. The molecule has 1 aliphatic carbocycles. The number of hydrogen-bond donors (Lipinski definition) is 3. The minimum absolute atomic E-state index is 0.204. The molecule has 3 N–H and O–H groups in total. The largest absolute Gasteiger partial charge is 0.489 e. The Morgan fingerprint density at radius 1 is 1.13 bits per heavy atom. The van der Waals surface area contributed by atoms with Crippen LogP contribution in [0.4, 0.5) is 0 Å². The van der Waals surface area contributed by atoms with Crippen LogP contribution >= 0.6 is 0 Å². The van der Waals surface area contributed by atoms with Gasteiger partial charge in [-0.2, -0.15) is 0 Å². The van der Waals surface area contributed by atoms with Crippen molar-refractivity contribution < 1.29 is 29.1 Å². The molecule has 0 radical (unpaired) electrons. The van der Waals surface area contributed by atoms with Gasteiger partial charge in [0.15, 0.2) is 0 Å². The maximum absolute atomic E-state index is 13.3. The molecule has 2 amide bonds. The third-order valence-electron chi connectivity index (χ3n) is 7.13. The molecule has 0 saturated heterocycles. The molecule has 4 rings (SSSR count).